The molecule has 7 nitrogen and oxygen atoms in total. The van der Waals surface area contributed by atoms with Crippen LogP contribution >= 0.6 is 22.7 Å². The van der Waals surface area contributed by atoms with Gasteiger partial charge in [-0.3, -0.25) is 14.6 Å². The molecule has 4 rings (SSSR count). The zero-order valence-electron chi connectivity index (χ0n) is 17.5. The number of nitrogens with zero attached hydrogens (tertiary/aromatic N) is 4. The highest BCUT2D eigenvalue weighted by Crippen LogP contribution is 2.33. The van der Waals surface area contributed by atoms with Gasteiger partial charge in [-0.25, -0.2) is 9.97 Å². The fourth-order valence-electron chi connectivity index (χ4n) is 3.55. The number of thiazole rings is 2. The zero-order chi connectivity index (χ0) is 21.1. The van der Waals surface area contributed by atoms with E-state index < -0.39 is 0 Å². The van der Waals surface area contributed by atoms with Gasteiger partial charge in [0.1, 0.15) is 10.6 Å². The summed E-state index contributed by atoms with van der Waals surface area (Å²) in [7, 11) is 1.64. The second kappa shape index (κ2) is 9.38. The Labute approximate surface area is 184 Å². The number of amides is 1. The molecule has 0 N–H and O–H groups in total. The minimum atomic E-state index is -0.0221. The van der Waals surface area contributed by atoms with Crippen LogP contribution in [-0.2, 0) is 4.74 Å². The maximum Gasteiger partial charge on any atom is 0.272 e. The molecule has 30 heavy (non-hydrogen) atoms. The normalized spacial score (nSPS) is 14.9. The van der Waals surface area contributed by atoms with Crippen molar-refractivity contribution < 1.29 is 14.3 Å². The first-order valence-electron chi connectivity index (χ1n) is 10.1. The smallest absolute Gasteiger partial charge is 0.272 e. The van der Waals surface area contributed by atoms with Gasteiger partial charge in [0.05, 0.1) is 41.2 Å². The summed E-state index contributed by atoms with van der Waals surface area (Å²) < 4.78 is 11.8. The van der Waals surface area contributed by atoms with Crippen LogP contribution in [-0.4, -0.2) is 67.3 Å². The maximum atomic E-state index is 13.5. The molecule has 0 atom stereocenters. The van der Waals surface area contributed by atoms with Crippen LogP contribution < -0.4 is 9.64 Å². The third-order valence-electron chi connectivity index (χ3n) is 5.12. The largest absolute Gasteiger partial charge is 0.497 e. The van der Waals surface area contributed by atoms with Gasteiger partial charge >= 0.3 is 0 Å². The monoisotopic (exact) mass is 446 g/mol. The summed E-state index contributed by atoms with van der Waals surface area (Å²) in [5, 5.41) is 1.62. The van der Waals surface area contributed by atoms with Crippen LogP contribution in [0.1, 0.15) is 26.8 Å². The minimum Gasteiger partial charge on any atom is -0.497 e. The Bertz CT molecular complexity index is 1030. The Balaban J connectivity index is 1.59. The summed E-state index contributed by atoms with van der Waals surface area (Å²) in [6.07, 6.45) is 0.877. The summed E-state index contributed by atoms with van der Waals surface area (Å²) in [4.78, 5) is 27.6. The fraction of sp³-hybridized carbons (Fsp3) is 0.476. The van der Waals surface area contributed by atoms with Crippen LogP contribution in [0.2, 0.25) is 0 Å². The van der Waals surface area contributed by atoms with Gasteiger partial charge in [-0.05, 0) is 32.4 Å². The first kappa shape index (κ1) is 21.2. The summed E-state index contributed by atoms with van der Waals surface area (Å²) in [6, 6.07) is 5.83. The van der Waals surface area contributed by atoms with E-state index in [0.29, 0.717) is 11.4 Å². The number of methoxy groups -OCH3 is 1. The molecule has 0 bridgehead atoms. The van der Waals surface area contributed by atoms with Crippen molar-refractivity contribution in [1.82, 2.24) is 14.9 Å². The number of ether oxygens (including phenoxy) is 2. The topological polar surface area (TPSA) is 67.8 Å². The van der Waals surface area contributed by atoms with Crippen molar-refractivity contribution >= 4 is 43.9 Å². The second-order valence-electron chi connectivity index (χ2n) is 7.24. The van der Waals surface area contributed by atoms with E-state index in [4.69, 9.17) is 14.5 Å². The van der Waals surface area contributed by atoms with E-state index in [-0.39, 0.29) is 5.91 Å². The molecule has 0 unspecified atom stereocenters. The average molecular weight is 447 g/mol. The van der Waals surface area contributed by atoms with Gasteiger partial charge in [0, 0.05) is 32.2 Å². The summed E-state index contributed by atoms with van der Waals surface area (Å²) >= 11 is 2.98. The van der Waals surface area contributed by atoms with Gasteiger partial charge < -0.3 is 9.47 Å². The summed E-state index contributed by atoms with van der Waals surface area (Å²) in [5.74, 6) is 0.740. The molecule has 1 aliphatic rings. The Morgan fingerprint density at radius 3 is 2.73 bits per heavy atom. The van der Waals surface area contributed by atoms with Crippen LogP contribution in [0.5, 0.6) is 5.75 Å². The predicted octanol–water partition coefficient (Wildman–Crippen LogP) is 3.75. The quantitative estimate of drug-likeness (QED) is 0.551. The van der Waals surface area contributed by atoms with Crippen LogP contribution in [0.4, 0.5) is 5.13 Å². The molecule has 3 aromatic rings. The molecule has 1 aliphatic heterocycles. The first-order chi connectivity index (χ1) is 14.5. The molecule has 160 valence electrons. The predicted molar refractivity (Wildman–Crippen MR) is 121 cm³/mol. The lowest BCUT2D eigenvalue weighted by Crippen LogP contribution is -2.39. The molecule has 1 aromatic carbocycles. The lowest BCUT2D eigenvalue weighted by molar-refractivity contribution is 0.0376. The Hall–Kier alpha value is -2.07. The van der Waals surface area contributed by atoms with Gasteiger partial charge in [0.25, 0.3) is 5.91 Å². The van der Waals surface area contributed by atoms with Crippen molar-refractivity contribution in [3.63, 3.8) is 0 Å². The first-order valence-corrected chi connectivity index (χ1v) is 11.7. The Kier molecular flexibility index (Phi) is 6.62. The lowest BCUT2D eigenvalue weighted by atomic mass is 10.3. The maximum absolute atomic E-state index is 13.5. The molecule has 3 heterocycles. The summed E-state index contributed by atoms with van der Waals surface area (Å²) in [6.45, 7) is 8.83. The Morgan fingerprint density at radius 2 is 2.03 bits per heavy atom. The molecule has 1 amide bonds. The van der Waals surface area contributed by atoms with Gasteiger partial charge in [0.2, 0.25) is 0 Å². The van der Waals surface area contributed by atoms with E-state index in [0.717, 1.165) is 71.1 Å². The zero-order valence-corrected chi connectivity index (χ0v) is 19.1. The number of fused-ring (bicyclic) bond motifs is 1. The fourth-order valence-corrected chi connectivity index (χ4v) is 5.39. The van der Waals surface area contributed by atoms with E-state index >= 15 is 0 Å². The van der Waals surface area contributed by atoms with Crippen molar-refractivity contribution in [2.75, 3.05) is 51.4 Å². The number of benzene rings is 1. The average Bonchev–Trinajstić information content (AvgIpc) is 3.33. The molecular formula is C21H26N4O3S2. The summed E-state index contributed by atoms with van der Waals surface area (Å²) in [5.41, 5.74) is 1.63. The van der Waals surface area contributed by atoms with Crippen molar-refractivity contribution in [2.24, 2.45) is 0 Å². The number of anilines is 1. The molecule has 0 radical (unpaired) electrons. The number of carbonyl (C=O) groups is 1. The highest BCUT2D eigenvalue weighted by Gasteiger charge is 2.25. The van der Waals surface area contributed by atoms with E-state index in [9.17, 15) is 4.79 Å². The Morgan fingerprint density at radius 1 is 1.23 bits per heavy atom. The second-order valence-corrected chi connectivity index (χ2v) is 9.45. The highest BCUT2D eigenvalue weighted by molar-refractivity contribution is 7.22. The van der Waals surface area contributed by atoms with Gasteiger partial charge in [-0.15, -0.1) is 11.3 Å². The molecule has 1 fully saturated rings. The molecule has 0 saturated carbocycles. The SMILES string of the molecule is COc1ccc2sc(N(CCCN3CCOCC3)C(=O)c3sc(C)nc3C)nc2c1. The number of carbonyl (C=O) groups excluding carboxylic acids is 1. The van der Waals surface area contributed by atoms with Gasteiger partial charge in [0.15, 0.2) is 5.13 Å². The van der Waals surface area contributed by atoms with Crippen molar-refractivity contribution in [3.8, 4) is 5.75 Å². The minimum absolute atomic E-state index is 0.0221. The number of aryl methyl sites for hydroxylation is 2. The number of hydrogen-bond donors (Lipinski definition) is 0. The molecular weight excluding hydrogens is 420 g/mol. The molecule has 0 aliphatic carbocycles. The van der Waals surface area contributed by atoms with Crippen molar-refractivity contribution in [3.05, 3.63) is 33.8 Å². The van der Waals surface area contributed by atoms with Crippen LogP contribution in [0.25, 0.3) is 10.2 Å². The highest BCUT2D eigenvalue weighted by atomic mass is 32.1. The van der Waals surface area contributed by atoms with Crippen molar-refractivity contribution in [2.45, 2.75) is 20.3 Å². The number of rotatable bonds is 7. The van der Waals surface area contributed by atoms with E-state index in [1.165, 1.54) is 22.7 Å². The third-order valence-corrected chi connectivity index (χ3v) is 7.24. The standard InChI is InChI=1S/C21H26N4O3S2/c1-14-19(29-15(2)22-14)20(26)25(8-4-7-24-9-11-28-12-10-24)21-23-17-13-16(27-3)5-6-18(17)30-21/h5-6,13H,4,7-12H2,1-3H3. The van der Waals surface area contributed by atoms with Crippen LogP contribution in [0.15, 0.2) is 18.2 Å². The number of aromatic nitrogens is 2. The van der Waals surface area contributed by atoms with Crippen molar-refractivity contribution in [1.29, 1.82) is 0 Å². The molecule has 2 aromatic heterocycles. The lowest BCUT2D eigenvalue weighted by Gasteiger charge is -2.27. The number of morpholine rings is 1. The van der Waals surface area contributed by atoms with Gasteiger partial charge in [-0.1, -0.05) is 11.3 Å². The molecule has 9 heteroatoms. The van der Waals surface area contributed by atoms with E-state index in [1.54, 1.807) is 7.11 Å². The van der Waals surface area contributed by atoms with Crippen LogP contribution in [0.3, 0.4) is 0 Å². The number of hydrogen-bond acceptors (Lipinski definition) is 8. The molecule has 0 spiro atoms. The van der Waals surface area contributed by atoms with E-state index in [2.05, 4.69) is 9.88 Å². The molecule has 1 saturated heterocycles. The third kappa shape index (κ3) is 4.64. The van der Waals surface area contributed by atoms with E-state index in [1.807, 2.05) is 36.9 Å². The van der Waals surface area contributed by atoms with Crippen LogP contribution in [0, 0.1) is 13.8 Å². The van der Waals surface area contributed by atoms with Gasteiger partial charge in [-0.2, -0.15) is 0 Å².